The first-order valence-corrected chi connectivity index (χ1v) is 16.5. The van der Waals surface area contributed by atoms with E-state index in [0.29, 0.717) is 0 Å². The third-order valence-corrected chi connectivity index (χ3v) is 9.89. The summed E-state index contributed by atoms with van der Waals surface area (Å²) in [7, 11) is 0. The molecule has 48 heavy (non-hydrogen) atoms. The molecule has 0 fully saturated rings. The van der Waals surface area contributed by atoms with Gasteiger partial charge >= 0.3 is 0 Å². The van der Waals surface area contributed by atoms with Crippen molar-refractivity contribution in [1.29, 1.82) is 0 Å². The van der Waals surface area contributed by atoms with E-state index in [4.69, 9.17) is 4.42 Å². The van der Waals surface area contributed by atoms with Gasteiger partial charge in [-0.15, -0.1) is 0 Å². The van der Waals surface area contributed by atoms with Crippen LogP contribution in [0.25, 0.3) is 71.7 Å². The molecule has 1 unspecified atom stereocenters. The monoisotopic (exact) mass is 617 g/mol. The minimum absolute atomic E-state index is 0.0461. The molecule has 4 nitrogen and oxygen atoms in total. The first-order valence-electron chi connectivity index (χ1n) is 16.5. The topological polar surface area (TPSA) is 42.1 Å². The van der Waals surface area contributed by atoms with Gasteiger partial charge in [0, 0.05) is 21.9 Å². The maximum Gasteiger partial charge on any atom is 0.160 e. The normalized spacial score (nSPS) is 17.4. The van der Waals surface area contributed by atoms with E-state index < -0.39 is 0 Å². The fourth-order valence-corrected chi connectivity index (χ4v) is 7.61. The van der Waals surface area contributed by atoms with Gasteiger partial charge in [-0.25, -0.2) is 0 Å². The smallest absolute Gasteiger partial charge is 0.160 e. The Morgan fingerprint density at radius 2 is 1.21 bits per heavy atom. The van der Waals surface area contributed by atoms with Gasteiger partial charge in [0.2, 0.25) is 0 Å². The van der Waals surface area contributed by atoms with E-state index in [1.165, 1.54) is 33.2 Å². The van der Waals surface area contributed by atoms with E-state index in [0.717, 1.165) is 49.6 Å². The zero-order chi connectivity index (χ0) is 31.6. The van der Waals surface area contributed by atoms with Gasteiger partial charge in [0.05, 0.1) is 22.5 Å². The number of allylic oxidation sites excluding steroid dienone is 2. The van der Waals surface area contributed by atoms with Gasteiger partial charge in [0.15, 0.2) is 6.29 Å². The first kappa shape index (κ1) is 27.1. The van der Waals surface area contributed by atoms with Crippen LogP contribution in [0.5, 0.6) is 0 Å². The lowest BCUT2D eigenvalue weighted by Gasteiger charge is -2.37. The molecule has 1 aliphatic heterocycles. The number of hydrogen-bond donors (Lipinski definition) is 2. The molecule has 2 aliphatic rings. The molecule has 10 rings (SSSR count). The average Bonchev–Trinajstić information content (AvgIpc) is 3.70. The Morgan fingerprint density at radius 3 is 2.02 bits per heavy atom. The lowest BCUT2D eigenvalue weighted by atomic mass is 9.93. The predicted octanol–water partition coefficient (Wildman–Crippen LogP) is 10.6. The highest BCUT2D eigenvalue weighted by Crippen LogP contribution is 2.42. The minimum Gasteiger partial charge on any atom is -0.455 e. The Balaban J connectivity index is 1.18. The number of furan rings is 1. The molecular weight excluding hydrogens is 587 g/mol. The molecule has 8 aromatic rings. The quantitative estimate of drug-likeness (QED) is 0.206. The zero-order valence-electron chi connectivity index (χ0n) is 26.1. The van der Waals surface area contributed by atoms with Crippen LogP contribution in [0.1, 0.15) is 11.9 Å². The molecule has 6 aromatic carbocycles. The van der Waals surface area contributed by atoms with Gasteiger partial charge < -0.3 is 14.3 Å². The molecule has 0 saturated heterocycles. The molecule has 3 heterocycles. The highest BCUT2D eigenvalue weighted by molar-refractivity contribution is 6.23. The van der Waals surface area contributed by atoms with Gasteiger partial charge in [0.1, 0.15) is 11.2 Å². The number of rotatable bonds is 4. The number of nitrogens with one attached hydrogen (secondary N) is 2. The van der Waals surface area contributed by atoms with Gasteiger partial charge in [-0.1, -0.05) is 140 Å². The van der Waals surface area contributed by atoms with E-state index in [1.807, 2.05) is 6.07 Å². The third kappa shape index (κ3) is 4.20. The maximum atomic E-state index is 6.63. The van der Waals surface area contributed by atoms with Crippen molar-refractivity contribution in [2.75, 3.05) is 0 Å². The van der Waals surface area contributed by atoms with E-state index in [-0.39, 0.29) is 12.3 Å². The molecule has 0 radical (unpaired) electrons. The van der Waals surface area contributed by atoms with Crippen molar-refractivity contribution in [2.45, 2.75) is 12.3 Å². The average molecular weight is 618 g/mol. The summed E-state index contributed by atoms with van der Waals surface area (Å²) in [5.74, 6) is 0. The van der Waals surface area contributed by atoms with Crippen LogP contribution in [0, 0.1) is 0 Å². The van der Waals surface area contributed by atoms with Crippen molar-refractivity contribution in [3.63, 3.8) is 0 Å². The predicted molar refractivity (Wildman–Crippen MR) is 198 cm³/mol. The highest BCUT2D eigenvalue weighted by atomic mass is 16.3. The molecule has 0 amide bonds. The summed E-state index contributed by atoms with van der Waals surface area (Å²) in [5, 5.41) is 12.5. The standard InChI is InChI=1S/C44H31N3O/c1-3-11-28(12-4-1)30-19-21-31(22-20-30)42-35-16-7-9-17-37(35)45-44(46-42)47-38-26-25-34-33-15-8-10-18-40(33)48-43(34)41(38)36-24-23-32(27-39(36)47)29-13-5-2-6-14-29/h1-27,37,44-46H/t37?,44-/m1/s1. The van der Waals surface area contributed by atoms with Crippen LogP contribution in [0.15, 0.2) is 174 Å². The van der Waals surface area contributed by atoms with Crippen LogP contribution >= 0.6 is 0 Å². The number of fused-ring (bicyclic) bond motifs is 8. The lowest BCUT2D eigenvalue weighted by Crippen LogP contribution is -2.48. The van der Waals surface area contributed by atoms with Gasteiger partial charge in [-0.3, -0.25) is 5.32 Å². The Bertz CT molecular complexity index is 2600. The van der Waals surface area contributed by atoms with Gasteiger partial charge in [-0.2, -0.15) is 0 Å². The van der Waals surface area contributed by atoms with Crippen LogP contribution in [-0.2, 0) is 0 Å². The first-order chi connectivity index (χ1) is 23.8. The molecule has 0 bridgehead atoms. The Labute approximate surface area is 277 Å². The fraction of sp³-hybridized carbons (Fsp3) is 0.0455. The third-order valence-electron chi connectivity index (χ3n) is 9.89. The summed E-state index contributed by atoms with van der Waals surface area (Å²) in [6.07, 6.45) is 8.50. The molecule has 2 N–H and O–H groups in total. The van der Waals surface area contributed by atoms with E-state index in [2.05, 4.69) is 173 Å². The Kier molecular flexibility index (Phi) is 6.05. The molecule has 2 aromatic heterocycles. The molecule has 1 aliphatic carbocycles. The van der Waals surface area contributed by atoms with Gasteiger partial charge in [-0.05, 0) is 57.7 Å². The van der Waals surface area contributed by atoms with Crippen molar-refractivity contribution >= 4 is 49.4 Å². The summed E-state index contributed by atoms with van der Waals surface area (Å²) in [6.45, 7) is 0. The minimum atomic E-state index is -0.230. The lowest BCUT2D eigenvalue weighted by molar-refractivity contribution is 0.363. The second-order valence-corrected chi connectivity index (χ2v) is 12.6. The number of para-hydroxylation sites is 1. The summed E-state index contributed by atoms with van der Waals surface area (Å²) < 4.78 is 9.05. The van der Waals surface area contributed by atoms with Crippen LogP contribution in [0.2, 0.25) is 0 Å². The molecule has 4 heteroatoms. The second-order valence-electron chi connectivity index (χ2n) is 12.6. The largest absolute Gasteiger partial charge is 0.455 e. The fourth-order valence-electron chi connectivity index (χ4n) is 7.61. The van der Waals surface area contributed by atoms with Crippen molar-refractivity contribution < 1.29 is 4.42 Å². The van der Waals surface area contributed by atoms with Crippen molar-refractivity contribution in [3.8, 4) is 22.3 Å². The molecular formula is C44H31N3O. The van der Waals surface area contributed by atoms with Crippen molar-refractivity contribution in [3.05, 3.63) is 175 Å². The molecule has 228 valence electrons. The van der Waals surface area contributed by atoms with Crippen molar-refractivity contribution in [2.24, 2.45) is 0 Å². The van der Waals surface area contributed by atoms with E-state index in [9.17, 15) is 0 Å². The number of aromatic nitrogens is 1. The summed E-state index contributed by atoms with van der Waals surface area (Å²) in [5.41, 5.74) is 12.4. The number of benzene rings is 6. The summed E-state index contributed by atoms with van der Waals surface area (Å²) >= 11 is 0. The number of hydrogen-bond acceptors (Lipinski definition) is 3. The summed E-state index contributed by atoms with van der Waals surface area (Å²) in [6, 6.07) is 49.7. The molecule has 2 atom stereocenters. The van der Waals surface area contributed by atoms with Crippen LogP contribution in [0.4, 0.5) is 0 Å². The van der Waals surface area contributed by atoms with E-state index >= 15 is 0 Å². The Hall–Kier alpha value is -6.10. The SMILES string of the molecule is C1=CC2=C(c3ccc(-c4ccccc4)cc3)N[C@H](n3c4cc(-c5ccccc5)ccc4c4c5oc6ccccc6c5ccc43)NC2C=C1. The van der Waals surface area contributed by atoms with Crippen LogP contribution in [-0.4, -0.2) is 10.6 Å². The highest BCUT2D eigenvalue weighted by Gasteiger charge is 2.31. The molecule has 0 saturated carbocycles. The van der Waals surface area contributed by atoms with Gasteiger partial charge in [0.25, 0.3) is 0 Å². The zero-order valence-corrected chi connectivity index (χ0v) is 26.1. The number of nitrogens with zero attached hydrogens (tertiary/aromatic N) is 1. The van der Waals surface area contributed by atoms with E-state index in [1.54, 1.807) is 0 Å². The van der Waals surface area contributed by atoms with Crippen LogP contribution < -0.4 is 10.6 Å². The Morgan fingerprint density at radius 1 is 0.542 bits per heavy atom. The second kappa shape index (κ2) is 10.7. The van der Waals surface area contributed by atoms with Crippen molar-refractivity contribution in [1.82, 2.24) is 15.2 Å². The summed E-state index contributed by atoms with van der Waals surface area (Å²) in [4.78, 5) is 0. The maximum absolute atomic E-state index is 6.63. The molecule has 0 spiro atoms. The van der Waals surface area contributed by atoms with Crippen LogP contribution in [0.3, 0.4) is 0 Å².